The van der Waals surface area contributed by atoms with Crippen LogP contribution in [0.1, 0.15) is 19.5 Å². The summed E-state index contributed by atoms with van der Waals surface area (Å²) in [5.74, 6) is -1.88. The molecule has 0 saturated carbocycles. The predicted octanol–water partition coefficient (Wildman–Crippen LogP) is 4.96. The van der Waals surface area contributed by atoms with Crippen molar-refractivity contribution >= 4 is 35.0 Å². The van der Waals surface area contributed by atoms with Crippen LogP contribution in [-0.2, 0) is 11.0 Å². The minimum atomic E-state index is -4.64. The highest BCUT2D eigenvalue weighted by atomic mass is 35.5. The highest BCUT2D eigenvalue weighted by molar-refractivity contribution is 6.31. The van der Waals surface area contributed by atoms with E-state index in [9.17, 15) is 22.4 Å². The molecule has 0 aliphatic carbocycles. The summed E-state index contributed by atoms with van der Waals surface area (Å²) in [6.45, 7) is 3.34. The Labute approximate surface area is 168 Å². The molecule has 3 N–H and O–H groups in total. The second kappa shape index (κ2) is 9.37. The molecule has 2 aromatic rings. The number of aromatic nitrogens is 2. The molecule has 1 aromatic heterocycles. The Bertz CT molecular complexity index is 959. The van der Waals surface area contributed by atoms with Crippen LogP contribution in [0.3, 0.4) is 0 Å². The Hall–Kier alpha value is -3.14. The number of halogens is 5. The number of allylic oxidation sites excluding steroid dienone is 2. The van der Waals surface area contributed by atoms with Gasteiger partial charge in [0, 0.05) is 22.3 Å². The van der Waals surface area contributed by atoms with Crippen LogP contribution < -0.4 is 10.6 Å². The predicted molar refractivity (Wildman–Crippen MR) is 102 cm³/mol. The molecular weight excluding hydrogens is 414 g/mol. The number of aromatic amines is 1. The number of guanidine groups is 1. The van der Waals surface area contributed by atoms with Crippen LogP contribution in [0.25, 0.3) is 0 Å². The summed E-state index contributed by atoms with van der Waals surface area (Å²) in [5.41, 5.74) is -0.718. The highest BCUT2D eigenvalue weighted by Crippen LogP contribution is 2.29. The molecule has 0 spiro atoms. The third-order valence-corrected chi connectivity index (χ3v) is 3.59. The fourth-order valence-corrected chi connectivity index (χ4v) is 2.36. The van der Waals surface area contributed by atoms with Crippen molar-refractivity contribution in [2.75, 3.05) is 5.32 Å². The number of carbonyl (C=O) groups is 1. The third-order valence-electron chi connectivity index (χ3n) is 3.37. The molecule has 29 heavy (non-hydrogen) atoms. The van der Waals surface area contributed by atoms with Crippen LogP contribution in [-0.4, -0.2) is 22.1 Å². The number of amides is 1. The van der Waals surface area contributed by atoms with Crippen molar-refractivity contribution in [2.45, 2.75) is 20.0 Å². The molecule has 6 nitrogen and oxygen atoms in total. The quantitative estimate of drug-likeness (QED) is 0.211. The Morgan fingerprint density at radius 3 is 2.52 bits per heavy atom. The molecule has 1 amide bonds. The van der Waals surface area contributed by atoms with Crippen molar-refractivity contribution in [3.8, 4) is 0 Å². The second-order valence-electron chi connectivity index (χ2n) is 5.58. The average molecular weight is 430 g/mol. The van der Waals surface area contributed by atoms with Gasteiger partial charge in [-0.05, 0) is 32.0 Å². The lowest BCUT2D eigenvalue weighted by Crippen LogP contribution is -2.36. The number of nitrogens with one attached hydrogen (secondary N) is 3. The first-order chi connectivity index (χ1) is 13.6. The number of anilines is 1. The topological polar surface area (TPSA) is 82.2 Å². The van der Waals surface area contributed by atoms with Gasteiger partial charge in [-0.2, -0.15) is 23.3 Å². The lowest BCUT2D eigenvalue weighted by Gasteiger charge is -2.12. The molecule has 0 aliphatic heterocycles. The van der Waals surface area contributed by atoms with E-state index >= 15 is 0 Å². The van der Waals surface area contributed by atoms with Gasteiger partial charge in [0.2, 0.25) is 5.96 Å². The summed E-state index contributed by atoms with van der Waals surface area (Å²) < 4.78 is 51.8. The van der Waals surface area contributed by atoms with Crippen molar-refractivity contribution in [2.24, 2.45) is 4.99 Å². The molecule has 1 heterocycles. The molecule has 0 fully saturated rings. The number of hydrogen-bond donors (Lipinski definition) is 3. The van der Waals surface area contributed by atoms with E-state index in [0.717, 1.165) is 12.1 Å². The molecule has 0 radical (unpaired) electrons. The maximum Gasteiger partial charge on any atom is 0.432 e. The van der Waals surface area contributed by atoms with Crippen molar-refractivity contribution in [3.63, 3.8) is 0 Å². The molecule has 0 saturated heterocycles. The van der Waals surface area contributed by atoms with E-state index in [1.165, 1.54) is 18.2 Å². The number of alkyl halides is 3. The molecule has 0 unspecified atom stereocenters. The van der Waals surface area contributed by atoms with Crippen LogP contribution in [0.2, 0.25) is 5.02 Å². The van der Waals surface area contributed by atoms with E-state index in [0.29, 0.717) is 6.07 Å². The molecular formula is C18H16ClF4N5O. The van der Waals surface area contributed by atoms with Crippen molar-refractivity contribution in [3.05, 3.63) is 64.6 Å². The first kappa shape index (κ1) is 22.2. The van der Waals surface area contributed by atoms with Gasteiger partial charge in [0.15, 0.2) is 5.82 Å². The summed E-state index contributed by atoms with van der Waals surface area (Å²) in [4.78, 5) is 16.3. The Kier molecular flexibility index (Phi) is 7.16. The summed E-state index contributed by atoms with van der Waals surface area (Å²) in [6.07, 6.45) is 0.0528. The smallest absolute Gasteiger partial charge is 0.325 e. The third kappa shape index (κ3) is 6.46. The van der Waals surface area contributed by atoms with Crippen LogP contribution in [0.4, 0.5) is 29.1 Å². The Morgan fingerprint density at radius 2 is 1.97 bits per heavy atom. The van der Waals surface area contributed by atoms with E-state index in [4.69, 9.17) is 11.6 Å². The molecule has 0 atom stereocenters. The largest absolute Gasteiger partial charge is 0.432 e. The first-order valence-corrected chi connectivity index (χ1v) is 8.55. The summed E-state index contributed by atoms with van der Waals surface area (Å²) in [5, 5.41) is 10.4. The van der Waals surface area contributed by atoms with Gasteiger partial charge in [-0.25, -0.2) is 4.39 Å². The number of rotatable bonds is 4. The summed E-state index contributed by atoms with van der Waals surface area (Å²) in [6, 6.07) is 4.15. The first-order valence-electron chi connectivity index (χ1n) is 8.17. The lowest BCUT2D eigenvalue weighted by atomic mass is 10.2. The molecule has 2 rings (SSSR count). The van der Waals surface area contributed by atoms with Gasteiger partial charge in [-0.15, -0.1) is 0 Å². The van der Waals surface area contributed by atoms with Crippen molar-refractivity contribution in [1.82, 2.24) is 15.5 Å². The van der Waals surface area contributed by atoms with Crippen LogP contribution in [0.15, 0.2) is 53.1 Å². The number of hydrogen-bond acceptors (Lipinski definition) is 3. The van der Waals surface area contributed by atoms with Crippen LogP contribution in [0, 0.1) is 5.82 Å². The highest BCUT2D eigenvalue weighted by Gasteiger charge is 2.33. The van der Waals surface area contributed by atoms with E-state index in [1.54, 1.807) is 19.9 Å². The SMILES string of the molecule is C/C=C\C(=C/C)C(=O)NC(=Nc1cc(C(F)(F)F)[nH]n1)Nc1cc(F)cc(Cl)c1. The number of benzene rings is 1. The van der Waals surface area contributed by atoms with Crippen LogP contribution in [0.5, 0.6) is 0 Å². The second-order valence-corrected chi connectivity index (χ2v) is 6.02. The van der Waals surface area contributed by atoms with Gasteiger partial charge < -0.3 is 5.32 Å². The molecule has 11 heteroatoms. The number of H-pyrrole nitrogens is 1. The zero-order valence-electron chi connectivity index (χ0n) is 15.2. The summed E-state index contributed by atoms with van der Waals surface area (Å²) >= 11 is 5.80. The molecule has 154 valence electrons. The maximum atomic E-state index is 13.6. The van der Waals surface area contributed by atoms with Gasteiger partial charge in [0.05, 0.1) is 0 Å². The number of carbonyl (C=O) groups excluding carboxylic acids is 1. The van der Waals surface area contributed by atoms with Crippen molar-refractivity contribution in [1.29, 1.82) is 0 Å². The average Bonchev–Trinajstić information content (AvgIpc) is 3.07. The molecule has 0 aliphatic rings. The van der Waals surface area contributed by atoms with Crippen LogP contribution >= 0.6 is 11.6 Å². The monoisotopic (exact) mass is 429 g/mol. The van der Waals surface area contributed by atoms with E-state index < -0.39 is 23.6 Å². The fourth-order valence-electron chi connectivity index (χ4n) is 2.14. The maximum absolute atomic E-state index is 13.6. The zero-order valence-corrected chi connectivity index (χ0v) is 16.0. The minimum Gasteiger partial charge on any atom is -0.325 e. The fraction of sp³-hybridized carbons (Fsp3) is 0.167. The van der Waals surface area contributed by atoms with E-state index in [-0.39, 0.29) is 28.1 Å². The molecule has 1 aromatic carbocycles. The van der Waals surface area contributed by atoms with Crippen molar-refractivity contribution < 1.29 is 22.4 Å². The molecule has 0 bridgehead atoms. The summed E-state index contributed by atoms with van der Waals surface area (Å²) in [7, 11) is 0. The van der Waals surface area contributed by atoms with Gasteiger partial charge in [-0.3, -0.25) is 15.2 Å². The lowest BCUT2D eigenvalue weighted by molar-refractivity contribution is -0.141. The standard InChI is InChI=1S/C18H16ClF4N5O/c1-3-5-10(4-2)16(29)26-17(24-13-7-11(19)6-12(20)8-13)25-15-9-14(27-28-15)18(21,22)23/h3-9H,1-2H3,(H3,24,25,26,27,28,29)/b5-3-,10-4+. The normalized spacial score (nSPS) is 13.1. The zero-order chi connectivity index (χ0) is 21.6. The Morgan fingerprint density at radius 1 is 1.24 bits per heavy atom. The Balaban J connectivity index is 2.38. The van der Waals surface area contributed by atoms with Gasteiger partial charge in [-0.1, -0.05) is 29.8 Å². The number of nitrogens with zero attached hydrogens (tertiary/aromatic N) is 2. The minimum absolute atomic E-state index is 0.0698. The van der Waals surface area contributed by atoms with E-state index in [2.05, 4.69) is 20.7 Å². The van der Waals surface area contributed by atoms with Gasteiger partial charge in [0.1, 0.15) is 11.5 Å². The van der Waals surface area contributed by atoms with Gasteiger partial charge in [0.25, 0.3) is 5.91 Å². The number of aliphatic imine (C=N–C) groups is 1. The van der Waals surface area contributed by atoms with E-state index in [1.807, 2.05) is 5.10 Å². The van der Waals surface area contributed by atoms with Gasteiger partial charge >= 0.3 is 6.18 Å².